The van der Waals surface area contributed by atoms with Crippen LogP contribution in [0.3, 0.4) is 0 Å². The van der Waals surface area contributed by atoms with Gasteiger partial charge in [0.1, 0.15) is 10.9 Å². The third-order valence-electron chi connectivity index (χ3n) is 2.21. The lowest BCUT2D eigenvalue weighted by molar-refractivity contribution is -0.140. The number of hydrogen-bond acceptors (Lipinski definition) is 5. The molecular formula is C7H9N3O4S2. The molecule has 0 bridgehead atoms. The summed E-state index contributed by atoms with van der Waals surface area (Å²) in [6.45, 7) is 0. The van der Waals surface area contributed by atoms with Crippen molar-refractivity contribution in [2.24, 2.45) is 0 Å². The van der Waals surface area contributed by atoms with Crippen LogP contribution in [0.1, 0.15) is 0 Å². The highest BCUT2D eigenvalue weighted by atomic mass is 32.2. The van der Waals surface area contributed by atoms with Crippen molar-refractivity contribution in [3.8, 4) is 0 Å². The van der Waals surface area contributed by atoms with Gasteiger partial charge in [0.05, 0.1) is 12.1 Å². The van der Waals surface area contributed by atoms with Crippen LogP contribution in [0.25, 0.3) is 0 Å². The summed E-state index contributed by atoms with van der Waals surface area (Å²) < 4.78 is 25.0. The molecule has 1 atom stereocenters. The van der Waals surface area contributed by atoms with Gasteiger partial charge < -0.3 is 5.11 Å². The van der Waals surface area contributed by atoms with Crippen LogP contribution in [-0.4, -0.2) is 51.7 Å². The molecule has 0 saturated carbocycles. The molecule has 2 rings (SSSR count). The first kappa shape index (κ1) is 11.4. The predicted molar refractivity (Wildman–Crippen MR) is 56.4 cm³/mol. The van der Waals surface area contributed by atoms with Gasteiger partial charge in [-0.05, 0) is 0 Å². The zero-order chi connectivity index (χ0) is 11.8. The maximum atomic E-state index is 12.0. The van der Waals surface area contributed by atoms with Crippen molar-refractivity contribution in [1.82, 2.24) is 14.5 Å². The van der Waals surface area contributed by atoms with E-state index in [9.17, 15) is 13.2 Å². The van der Waals surface area contributed by atoms with E-state index in [1.54, 1.807) is 0 Å². The monoisotopic (exact) mass is 263 g/mol. The molecule has 1 aromatic rings. The highest BCUT2D eigenvalue weighted by Crippen LogP contribution is 2.27. The van der Waals surface area contributed by atoms with Crippen LogP contribution in [0.2, 0.25) is 0 Å². The Bertz CT molecular complexity index is 484. The number of aromatic nitrogens is 2. The van der Waals surface area contributed by atoms with E-state index in [1.165, 1.54) is 18.0 Å². The predicted octanol–water partition coefficient (Wildman–Crippen LogP) is -0.442. The van der Waals surface area contributed by atoms with Crippen molar-refractivity contribution in [2.75, 3.05) is 11.6 Å². The fourth-order valence-electron chi connectivity index (χ4n) is 1.37. The van der Waals surface area contributed by atoms with Gasteiger partial charge in [0.15, 0.2) is 0 Å². The highest BCUT2D eigenvalue weighted by Gasteiger charge is 2.40. The summed E-state index contributed by atoms with van der Waals surface area (Å²) in [6, 6.07) is -0.995. The van der Waals surface area contributed by atoms with E-state index in [2.05, 4.69) is 10.2 Å². The Morgan fingerprint density at radius 2 is 2.44 bits per heavy atom. The average molecular weight is 263 g/mol. The lowest BCUT2D eigenvalue weighted by atomic mass is 10.4. The molecule has 1 fully saturated rings. The minimum Gasteiger partial charge on any atom is -0.480 e. The molecule has 0 aromatic carbocycles. The molecule has 1 saturated heterocycles. The molecule has 2 N–H and O–H groups in total. The fourth-order valence-corrected chi connectivity index (χ4v) is 4.42. The Morgan fingerprint density at radius 3 is 3.00 bits per heavy atom. The van der Waals surface area contributed by atoms with Crippen molar-refractivity contribution < 1.29 is 18.3 Å². The van der Waals surface area contributed by atoms with Gasteiger partial charge in [-0.2, -0.15) is 9.40 Å². The van der Waals surface area contributed by atoms with Crippen molar-refractivity contribution in [1.29, 1.82) is 0 Å². The molecule has 0 amide bonds. The summed E-state index contributed by atoms with van der Waals surface area (Å²) in [5, 5.41) is 14.8. The molecule has 0 aliphatic carbocycles. The number of aromatic amines is 1. The van der Waals surface area contributed by atoms with E-state index in [-0.39, 0.29) is 16.5 Å². The van der Waals surface area contributed by atoms with Crippen LogP contribution in [0.4, 0.5) is 0 Å². The van der Waals surface area contributed by atoms with Gasteiger partial charge in [-0.3, -0.25) is 9.89 Å². The highest BCUT2D eigenvalue weighted by molar-refractivity contribution is 8.00. The lowest BCUT2D eigenvalue weighted by Crippen LogP contribution is -2.41. The number of carboxylic acids is 1. The third kappa shape index (κ3) is 1.81. The van der Waals surface area contributed by atoms with E-state index in [0.717, 1.165) is 10.5 Å². The molecule has 0 radical (unpaired) electrons. The van der Waals surface area contributed by atoms with Gasteiger partial charge in [-0.15, -0.1) is 11.8 Å². The first-order valence-corrected chi connectivity index (χ1v) is 6.94. The Labute approximate surface area is 95.9 Å². The van der Waals surface area contributed by atoms with Gasteiger partial charge in [-0.1, -0.05) is 0 Å². The van der Waals surface area contributed by atoms with Crippen LogP contribution in [-0.2, 0) is 14.8 Å². The number of carboxylic acid groups (broad SMARTS) is 1. The molecular weight excluding hydrogens is 254 g/mol. The first-order valence-electron chi connectivity index (χ1n) is 4.34. The number of carbonyl (C=O) groups is 1. The third-order valence-corrected chi connectivity index (χ3v) is 5.20. The second kappa shape index (κ2) is 4.07. The molecule has 1 aromatic heterocycles. The molecule has 16 heavy (non-hydrogen) atoms. The van der Waals surface area contributed by atoms with Crippen LogP contribution >= 0.6 is 11.8 Å². The molecule has 0 unspecified atom stereocenters. The first-order chi connectivity index (χ1) is 7.53. The minimum atomic E-state index is -3.75. The molecule has 88 valence electrons. The summed E-state index contributed by atoms with van der Waals surface area (Å²) in [5.74, 6) is -0.700. The molecule has 1 aliphatic rings. The number of aliphatic carboxylic acids is 1. The number of rotatable bonds is 3. The summed E-state index contributed by atoms with van der Waals surface area (Å²) in [4.78, 5) is 10.9. The van der Waals surface area contributed by atoms with Gasteiger partial charge in [0.25, 0.3) is 0 Å². The average Bonchev–Trinajstić information content (AvgIpc) is 2.89. The molecule has 0 spiro atoms. The van der Waals surface area contributed by atoms with Gasteiger partial charge >= 0.3 is 5.97 Å². The largest absolute Gasteiger partial charge is 0.480 e. The fraction of sp³-hybridized carbons (Fsp3) is 0.429. The Kier molecular flexibility index (Phi) is 2.91. The molecule has 2 heterocycles. The van der Waals surface area contributed by atoms with Crippen molar-refractivity contribution in [3.63, 3.8) is 0 Å². The number of nitrogens with zero attached hydrogens (tertiary/aromatic N) is 2. The van der Waals surface area contributed by atoms with Crippen LogP contribution < -0.4 is 0 Å². The maximum Gasteiger partial charge on any atom is 0.322 e. The van der Waals surface area contributed by atoms with Crippen molar-refractivity contribution in [3.05, 3.63) is 12.4 Å². The minimum absolute atomic E-state index is 0.0127. The second-order valence-electron chi connectivity index (χ2n) is 3.18. The Hall–Kier alpha value is -1.06. The summed E-state index contributed by atoms with van der Waals surface area (Å²) in [6.07, 6.45) is 2.40. The molecule has 9 heteroatoms. The van der Waals surface area contributed by atoms with E-state index in [4.69, 9.17) is 5.11 Å². The van der Waals surface area contributed by atoms with Crippen LogP contribution in [0.5, 0.6) is 0 Å². The lowest BCUT2D eigenvalue weighted by Gasteiger charge is -2.18. The van der Waals surface area contributed by atoms with Crippen LogP contribution in [0, 0.1) is 0 Å². The van der Waals surface area contributed by atoms with Crippen LogP contribution in [0.15, 0.2) is 17.3 Å². The normalized spacial score (nSPS) is 22.4. The Morgan fingerprint density at radius 1 is 1.69 bits per heavy atom. The van der Waals surface area contributed by atoms with E-state index < -0.39 is 22.0 Å². The second-order valence-corrected chi connectivity index (χ2v) is 6.07. The zero-order valence-electron chi connectivity index (χ0n) is 8.03. The molecule has 7 nitrogen and oxygen atoms in total. The quantitative estimate of drug-likeness (QED) is 0.766. The van der Waals surface area contributed by atoms with Gasteiger partial charge in [-0.25, -0.2) is 8.42 Å². The summed E-state index contributed by atoms with van der Waals surface area (Å²) in [5.41, 5.74) is 0. The number of H-pyrrole nitrogens is 1. The maximum absolute atomic E-state index is 12.0. The van der Waals surface area contributed by atoms with Gasteiger partial charge in [0.2, 0.25) is 10.0 Å². The number of sulfonamides is 1. The Balaban J connectivity index is 2.34. The number of hydrogen-bond donors (Lipinski definition) is 2. The molecule has 1 aliphatic heterocycles. The van der Waals surface area contributed by atoms with Gasteiger partial charge in [0, 0.05) is 11.9 Å². The summed E-state index contributed by atoms with van der Waals surface area (Å²) >= 11 is 1.28. The van der Waals surface area contributed by atoms with Crippen molar-refractivity contribution in [2.45, 2.75) is 10.9 Å². The topological polar surface area (TPSA) is 103 Å². The number of thioether (sulfide) groups is 1. The number of nitrogens with one attached hydrogen (secondary N) is 1. The smallest absolute Gasteiger partial charge is 0.322 e. The summed E-state index contributed by atoms with van der Waals surface area (Å²) in [7, 11) is -3.75. The van der Waals surface area contributed by atoms with E-state index in [1.807, 2.05) is 0 Å². The SMILES string of the molecule is O=C(O)[C@@H]1CSCN1S(=O)(=O)c1cn[nH]c1. The van der Waals surface area contributed by atoms with E-state index in [0.29, 0.717) is 0 Å². The standard InChI is InChI=1S/C7H9N3O4S2/c11-7(12)6-3-15-4-10(6)16(13,14)5-1-8-9-2-5/h1-2,6H,3-4H2,(H,8,9)(H,11,12)/t6-/m0/s1. The van der Waals surface area contributed by atoms with E-state index >= 15 is 0 Å². The van der Waals surface area contributed by atoms with Crippen molar-refractivity contribution >= 4 is 27.8 Å². The zero-order valence-corrected chi connectivity index (χ0v) is 9.66.